The molecule has 2 aromatic rings. The fourth-order valence-electron chi connectivity index (χ4n) is 1.38. The number of benzene rings is 1. The standard InChI is InChI=1S/C12H13FN4O/c1-17(14)11-10(13)7-15-12(16-11)18-8-9-5-3-2-4-6-9/h2-7H,8,14H2,1H3. The maximum absolute atomic E-state index is 13.3. The van der Waals surface area contributed by atoms with Gasteiger partial charge in [-0.25, -0.2) is 15.2 Å². The third-order valence-electron chi connectivity index (χ3n) is 2.25. The molecule has 1 aromatic carbocycles. The van der Waals surface area contributed by atoms with E-state index in [4.69, 9.17) is 10.6 Å². The number of nitrogens with zero attached hydrogens (tertiary/aromatic N) is 3. The summed E-state index contributed by atoms with van der Waals surface area (Å²) >= 11 is 0. The van der Waals surface area contributed by atoms with Crippen molar-refractivity contribution in [3.05, 3.63) is 47.9 Å². The molecule has 2 rings (SSSR count). The second-order valence-electron chi connectivity index (χ2n) is 3.71. The van der Waals surface area contributed by atoms with E-state index in [0.717, 1.165) is 16.8 Å². The van der Waals surface area contributed by atoms with E-state index in [1.165, 1.54) is 7.05 Å². The van der Waals surface area contributed by atoms with Gasteiger partial charge in [-0.3, -0.25) is 5.01 Å². The van der Waals surface area contributed by atoms with Gasteiger partial charge in [0.25, 0.3) is 0 Å². The van der Waals surface area contributed by atoms with Gasteiger partial charge < -0.3 is 4.74 Å². The van der Waals surface area contributed by atoms with E-state index in [1.807, 2.05) is 30.3 Å². The normalized spacial score (nSPS) is 10.2. The molecule has 0 aliphatic heterocycles. The van der Waals surface area contributed by atoms with Crippen LogP contribution in [0, 0.1) is 5.82 Å². The lowest BCUT2D eigenvalue weighted by molar-refractivity contribution is 0.279. The van der Waals surface area contributed by atoms with Crippen LogP contribution in [0.2, 0.25) is 0 Å². The Kier molecular flexibility index (Phi) is 3.69. The van der Waals surface area contributed by atoms with Crippen LogP contribution < -0.4 is 15.6 Å². The summed E-state index contributed by atoms with van der Waals surface area (Å²) in [5.74, 6) is 4.84. The summed E-state index contributed by atoms with van der Waals surface area (Å²) in [6.45, 7) is 0.320. The Morgan fingerprint density at radius 2 is 2.06 bits per heavy atom. The zero-order valence-electron chi connectivity index (χ0n) is 9.88. The van der Waals surface area contributed by atoms with Crippen molar-refractivity contribution in [1.29, 1.82) is 0 Å². The number of nitrogens with two attached hydrogens (primary N) is 1. The Morgan fingerprint density at radius 3 is 2.72 bits per heavy atom. The molecule has 0 saturated carbocycles. The van der Waals surface area contributed by atoms with Crippen molar-refractivity contribution in [2.45, 2.75) is 6.61 Å². The molecule has 0 radical (unpaired) electrons. The summed E-state index contributed by atoms with van der Waals surface area (Å²) in [5, 5.41) is 1.08. The average Bonchev–Trinajstić information content (AvgIpc) is 2.38. The molecule has 0 unspecified atom stereocenters. The van der Waals surface area contributed by atoms with Crippen molar-refractivity contribution in [2.75, 3.05) is 12.1 Å². The minimum atomic E-state index is -0.591. The van der Waals surface area contributed by atoms with E-state index in [0.29, 0.717) is 6.61 Å². The first-order valence-electron chi connectivity index (χ1n) is 5.34. The van der Waals surface area contributed by atoms with Crippen LogP contribution in [0.15, 0.2) is 36.5 Å². The van der Waals surface area contributed by atoms with Gasteiger partial charge in [0.15, 0.2) is 11.6 Å². The summed E-state index contributed by atoms with van der Waals surface area (Å²) in [7, 11) is 1.49. The molecular weight excluding hydrogens is 235 g/mol. The molecule has 0 aliphatic rings. The SMILES string of the molecule is CN(N)c1nc(OCc2ccccc2)ncc1F. The summed E-state index contributed by atoms with van der Waals surface area (Å²) in [6, 6.07) is 9.65. The molecule has 1 heterocycles. The Balaban J connectivity index is 2.08. The molecule has 0 atom stereocenters. The smallest absolute Gasteiger partial charge is 0.318 e. The molecule has 0 spiro atoms. The third kappa shape index (κ3) is 2.92. The van der Waals surface area contributed by atoms with Gasteiger partial charge in [-0.15, -0.1) is 0 Å². The van der Waals surface area contributed by atoms with Gasteiger partial charge in [0.05, 0.1) is 6.20 Å². The van der Waals surface area contributed by atoms with Crippen molar-refractivity contribution in [3.63, 3.8) is 0 Å². The molecule has 0 saturated heterocycles. The highest BCUT2D eigenvalue weighted by Gasteiger charge is 2.09. The van der Waals surface area contributed by atoms with Gasteiger partial charge >= 0.3 is 6.01 Å². The van der Waals surface area contributed by atoms with Gasteiger partial charge in [-0.1, -0.05) is 30.3 Å². The molecule has 6 heteroatoms. The van der Waals surface area contributed by atoms with Crippen LogP contribution in [-0.2, 0) is 6.61 Å². The molecule has 0 amide bonds. The van der Waals surface area contributed by atoms with E-state index >= 15 is 0 Å². The molecule has 2 N–H and O–H groups in total. The number of ether oxygens (including phenoxy) is 1. The highest BCUT2D eigenvalue weighted by Crippen LogP contribution is 2.15. The number of halogens is 1. The van der Waals surface area contributed by atoms with Crippen LogP contribution in [0.4, 0.5) is 10.2 Å². The second-order valence-corrected chi connectivity index (χ2v) is 3.71. The predicted octanol–water partition coefficient (Wildman–Crippen LogP) is 1.50. The Hall–Kier alpha value is -2.21. The van der Waals surface area contributed by atoms with Crippen molar-refractivity contribution in [2.24, 2.45) is 5.84 Å². The monoisotopic (exact) mass is 248 g/mol. The van der Waals surface area contributed by atoms with Crippen molar-refractivity contribution in [1.82, 2.24) is 9.97 Å². The maximum Gasteiger partial charge on any atom is 0.318 e. The number of hydrazine groups is 1. The van der Waals surface area contributed by atoms with Gasteiger partial charge in [0.2, 0.25) is 0 Å². The molecule has 18 heavy (non-hydrogen) atoms. The largest absolute Gasteiger partial charge is 0.459 e. The zero-order valence-corrected chi connectivity index (χ0v) is 9.88. The average molecular weight is 248 g/mol. The minimum Gasteiger partial charge on any atom is -0.459 e. The molecule has 94 valence electrons. The van der Waals surface area contributed by atoms with E-state index in [1.54, 1.807) is 0 Å². The Morgan fingerprint density at radius 1 is 1.33 bits per heavy atom. The Bertz CT molecular complexity index is 519. The van der Waals surface area contributed by atoms with Crippen LogP contribution >= 0.6 is 0 Å². The summed E-state index contributed by atoms with van der Waals surface area (Å²) in [6.07, 6.45) is 1.03. The molecule has 0 bridgehead atoms. The van der Waals surface area contributed by atoms with Gasteiger partial charge in [0, 0.05) is 7.05 Å². The van der Waals surface area contributed by atoms with E-state index in [9.17, 15) is 4.39 Å². The lowest BCUT2D eigenvalue weighted by atomic mass is 10.2. The minimum absolute atomic E-state index is 0.00642. The second kappa shape index (κ2) is 5.42. The fourth-order valence-corrected chi connectivity index (χ4v) is 1.38. The number of rotatable bonds is 4. The summed E-state index contributed by atoms with van der Waals surface area (Å²) in [4.78, 5) is 7.63. The first kappa shape index (κ1) is 12.3. The lowest BCUT2D eigenvalue weighted by Crippen LogP contribution is -2.27. The molecule has 0 fully saturated rings. The number of hydrogen-bond acceptors (Lipinski definition) is 5. The maximum atomic E-state index is 13.3. The molecular formula is C12H13FN4O. The van der Waals surface area contributed by atoms with E-state index in [2.05, 4.69) is 9.97 Å². The Labute approximate surface area is 104 Å². The summed E-state index contributed by atoms with van der Waals surface area (Å²) < 4.78 is 18.6. The van der Waals surface area contributed by atoms with Crippen molar-refractivity contribution >= 4 is 5.82 Å². The van der Waals surface area contributed by atoms with Crippen molar-refractivity contribution in [3.8, 4) is 6.01 Å². The van der Waals surface area contributed by atoms with Gasteiger partial charge in [0.1, 0.15) is 6.61 Å². The lowest BCUT2D eigenvalue weighted by Gasteiger charge is -2.12. The highest BCUT2D eigenvalue weighted by molar-refractivity contribution is 5.36. The number of anilines is 1. The molecule has 1 aromatic heterocycles. The van der Waals surface area contributed by atoms with Gasteiger partial charge in [-0.05, 0) is 5.56 Å². The van der Waals surface area contributed by atoms with Crippen LogP contribution in [0.5, 0.6) is 6.01 Å². The number of aromatic nitrogens is 2. The van der Waals surface area contributed by atoms with Crippen LogP contribution in [0.3, 0.4) is 0 Å². The van der Waals surface area contributed by atoms with Crippen LogP contribution in [-0.4, -0.2) is 17.0 Å². The topological polar surface area (TPSA) is 64.3 Å². The van der Waals surface area contributed by atoms with Crippen LogP contribution in [0.1, 0.15) is 5.56 Å². The summed E-state index contributed by atoms with van der Waals surface area (Å²) in [5.41, 5.74) is 0.980. The number of hydrogen-bond donors (Lipinski definition) is 1. The van der Waals surface area contributed by atoms with E-state index in [-0.39, 0.29) is 11.8 Å². The van der Waals surface area contributed by atoms with Crippen LogP contribution in [0.25, 0.3) is 0 Å². The van der Waals surface area contributed by atoms with E-state index < -0.39 is 5.82 Å². The zero-order chi connectivity index (χ0) is 13.0. The first-order valence-corrected chi connectivity index (χ1v) is 5.34. The van der Waals surface area contributed by atoms with Gasteiger partial charge in [-0.2, -0.15) is 4.98 Å². The third-order valence-corrected chi connectivity index (χ3v) is 2.25. The highest BCUT2D eigenvalue weighted by atomic mass is 19.1. The van der Waals surface area contributed by atoms with Crippen molar-refractivity contribution < 1.29 is 9.13 Å². The fraction of sp³-hybridized carbons (Fsp3) is 0.167. The molecule has 0 aliphatic carbocycles. The predicted molar refractivity (Wildman–Crippen MR) is 65.4 cm³/mol. The first-order chi connectivity index (χ1) is 8.66. The quantitative estimate of drug-likeness (QED) is 0.656. The molecule has 5 nitrogen and oxygen atoms in total.